The molecular weight excluding hydrogens is 379 g/mol. The number of alkyl halides is 4. The molecule has 0 saturated carbocycles. The number of aromatic hydroxyl groups is 1. The molecule has 9 heteroatoms. The minimum atomic E-state index is -4.91. The van der Waals surface area contributed by atoms with Gasteiger partial charge in [0.1, 0.15) is 0 Å². The second-order valence-electron chi connectivity index (χ2n) is 4.67. The summed E-state index contributed by atoms with van der Waals surface area (Å²) in [5.74, 6) is -5.69. The molecule has 1 aromatic carbocycles. The predicted octanol–water partition coefficient (Wildman–Crippen LogP) is 3.70. The van der Waals surface area contributed by atoms with Crippen LogP contribution in [-0.2, 0) is 9.53 Å². The average molecular weight is 387 g/mol. The molecule has 0 fully saturated rings. The molecule has 1 atom stereocenters. The largest absolute Gasteiger partial charge is 0.504 e. The zero-order valence-corrected chi connectivity index (χ0v) is 12.5. The van der Waals surface area contributed by atoms with Crippen molar-refractivity contribution in [1.82, 2.24) is 0 Å². The van der Waals surface area contributed by atoms with Crippen molar-refractivity contribution in [2.45, 2.75) is 18.7 Å². The molecule has 0 unspecified atom stereocenters. The fourth-order valence-corrected chi connectivity index (χ4v) is 2.91. The average Bonchev–Trinajstić information content (AvgIpc) is 2.68. The van der Waals surface area contributed by atoms with E-state index in [9.17, 15) is 31.9 Å². The standard InChI is InChI=1S/C13H8BrF5O3/c1-12(13(17,18)19)6(4-14)8(11(21)22-12)5-2-3-7(15)9(16)10(5)20/h2-3,20H,4H2,1H3/t12-/m1/s1. The summed E-state index contributed by atoms with van der Waals surface area (Å²) in [6.45, 7) is 0.644. The fourth-order valence-electron chi connectivity index (χ4n) is 2.10. The minimum absolute atomic E-state index is 0.414. The predicted molar refractivity (Wildman–Crippen MR) is 69.3 cm³/mol. The topological polar surface area (TPSA) is 46.5 Å². The number of cyclic esters (lactones) is 1. The summed E-state index contributed by atoms with van der Waals surface area (Å²) in [6.07, 6.45) is -4.91. The molecule has 22 heavy (non-hydrogen) atoms. The number of ether oxygens (including phenoxy) is 1. The van der Waals surface area contributed by atoms with E-state index in [1.54, 1.807) is 0 Å². The Labute approximate surface area is 129 Å². The number of esters is 1. The molecule has 0 aliphatic carbocycles. The molecule has 0 bridgehead atoms. The normalized spacial score (nSPS) is 22.2. The molecular formula is C13H8BrF5O3. The van der Waals surface area contributed by atoms with Gasteiger partial charge >= 0.3 is 12.1 Å². The van der Waals surface area contributed by atoms with E-state index in [1.165, 1.54) is 0 Å². The second kappa shape index (κ2) is 5.22. The van der Waals surface area contributed by atoms with E-state index in [4.69, 9.17) is 0 Å². The van der Waals surface area contributed by atoms with Crippen LogP contribution in [0.15, 0.2) is 17.7 Å². The summed E-state index contributed by atoms with van der Waals surface area (Å²) in [6, 6.07) is 1.41. The van der Waals surface area contributed by atoms with Crippen LogP contribution in [-0.4, -0.2) is 28.2 Å². The van der Waals surface area contributed by atoms with E-state index < -0.39 is 57.2 Å². The number of hydrogen-bond donors (Lipinski definition) is 1. The first-order valence-corrected chi connectivity index (χ1v) is 6.93. The van der Waals surface area contributed by atoms with Crippen molar-refractivity contribution in [3.63, 3.8) is 0 Å². The Kier molecular flexibility index (Phi) is 3.97. The van der Waals surface area contributed by atoms with Gasteiger partial charge in [0.05, 0.1) is 5.57 Å². The van der Waals surface area contributed by atoms with E-state index in [0.717, 1.165) is 6.07 Å². The van der Waals surface area contributed by atoms with Crippen molar-refractivity contribution in [1.29, 1.82) is 0 Å². The van der Waals surface area contributed by atoms with Crippen molar-refractivity contribution >= 4 is 27.5 Å². The number of carbonyl (C=O) groups is 1. The van der Waals surface area contributed by atoms with Gasteiger partial charge in [0.2, 0.25) is 11.4 Å². The number of rotatable bonds is 2. The van der Waals surface area contributed by atoms with Gasteiger partial charge in [-0.15, -0.1) is 0 Å². The lowest BCUT2D eigenvalue weighted by Crippen LogP contribution is -2.45. The molecule has 120 valence electrons. The summed E-state index contributed by atoms with van der Waals surface area (Å²) < 4.78 is 70.3. The number of phenols is 1. The van der Waals surface area contributed by atoms with Crippen molar-refractivity contribution in [2.75, 3.05) is 5.33 Å². The van der Waals surface area contributed by atoms with E-state index >= 15 is 0 Å². The monoisotopic (exact) mass is 386 g/mol. The molecule has 0 spiro atoms. The number of benzene rings is 1. The second-order valence-corrected chi connectivity index (χ2v) is 5.23. The van der Waals surface area contributed by atoms with Gasteiger partial charge in [0.15, 0.2) is 11.6 Å². The highest BCUT2D eigenvalue weighted by Crippen LogP contribution is 2.49. The highest BCUT2D eigenvalue weighted by Gasteiger charge is 2.61. The van der Waals surface area contributed by atoms with Crippen molar-refractivity contribution < 1.29 is 36.6 Å². The molecule has 3 nitrogen and oxygen atoms in total. The zero-order chi connectivity index (χ0) is 16.9. The fraction of sp³-hybridized carbons (Fsp3) is 0.308. The first-order chi connectivity index (χ1) is 10.0. The Bertz CT molecular complexity index is 683. The molecule has 1 aliphatic heterocycles. The Morgan fingerprint density at radius 2 is 1.91 bits per heavy atom. The maximum absolute atomic E-state index is 13.4. The van der Waals surface area contributed by atoms with Crippen LogP contribution >= 0.6 is 15.9 Å². The van der Waals surface area contributed by atoms with E-state index in [0.29, 0.717) is 13.0 Å². The van der Waals surface area contributed by atoms with E-state index in [-0.39, 0.29) is 0 Å². The number of carbonyl (C=O) groups excluding carboxylic acids is 1. The van der Waals surface area contributed by atoms with Crippen molar-refractivity contribution in [3.05, 3.63) is 34.9 Å². The Hall–Kier alpha value is -1.64. The smallest absolute Gasteiger partial charge is 0.432 e. The summed E-state index contributed by atoms with van der Waals surface area (Å²) in [4.78, 5) is 11.8. The van der Waals surface area contributed by atoms with Gasteiger partial charge in [0, 0.05) is 16.5 Å². The molecule has 0 aromatic heterocycles. The van der Waals surface area contributed by atoms with Crippen molar-refractivity contribution in [3.8, 4) is 5.75 Å². The Balaban J connectivity index is 2.75. The summed E-state index contributed by atoms with van der Waals surface area (Å²) >= 11 is 2.83. The van der Waals surface area contributed by atoms with Crippen LogP contribution in [0, 0.1) is 11.6 Å². The van der Waals surface area contributed by atoms with E-state index in [1.807, 2.05) is 0 Å². The Morgan fingerprint density at radius 1 is 1.32 bits per heavy atom. The quantitative estimate of drug-likeness (QED) is 0.479. The first kappa shape index (κ1) is 16.7. The molecule has 2 rings (SSSR count). The molecule has 0 amide bonds. The van der Waals surface area contributed by atoms with Crippen LogP contribution in [0.4, 0.5) is 22.0 Å². The summed E-state index contributed by atoms with van der Waals surface area (Å²) in [7, 11) is 0. The maximum atomic E-state index is 13.4. The van der Waals surface area contributed by atoms with Crippen LogP contribution in [0.1, 0.15) is 12.5 Å². The van der Waals surface area contributed by atoms with Gasteiger partial charge in [-0.1, -0.05) is 15.9 Å². The third kappa shape index (κ3) is 2.27. The van der Waals surface area contributed by atoms with Gasteiger partial charge in [-0.25, -0.2) is 9.18 Å². The van der Waals surface area contributed by atoms with Gasteiger partial charge in [0.25, 0.3) is 0 Å². The van der Waals surface area contributed by atoms with Crippen LogP contribution in [0.25, 0.3) is 5.57 Å². The molecule has 0 radical (unpaired) electrons. The van der Waals surface area contributed by atoms with Crippen LogP contribution < -0.4 is 0 Å². The molecule has 1 aromatic rings. The lowest BCUT2D eigenvalue weighted by Gasteiger charge is -2.28. The van der Waals surface area contributed by atoms with E-state index in [2.05, 4.69) is 20.7 Å². The summed E-state index contributed by atoms with van der Waals surface area (Å²) in [5, 5.41) is 9.18. The van der Waals surface area contributed by atoms with Crippen molar-refractivity contribution in [2.24, 2.45) is 0 Å². The molecule has 1 aliphatic rings. The minimum Gasteiger partial charge on any atom is -0.504 e. The maximum Gasteiger partial charge on any atom is 0.432 e. The van der Waals surface area contributed by atoms with Gasteiger partial charge in [-0.3, -0.25) is 0 Å². The van der Waals surface area contributed by atoms with Crippen LogP contribution in [0.2, 0.25) is 0 Å². The first-order valence-electron chi connectivity index (χ1n) is 5.81. The van der Waals surface area contributed by atoms with Crippen LogP contribution in [0.5, 0.6) is 5.75 Å². The van der Waals surface area contributed by atoms with Gasteiger partial charge in [-0.05, 0) is 19.1 Å². The molecule has 0 saturated heterocycles. The number of halogens is 6. The van der Waals surface area contributed by atoms with Crippen LogP contribution in [0.3, 0.4) is 0 Å². The highest BCUT2D eigenvalue weighted by molar-refractivity contribution is 9.09. The molecule has 1 N–H and O–H groups in total. The Morgan fingerprint density at radius 3 is 2.41 bits per heavy atom. The zero-order valence-electron chi connectivity index (χ0n) is 10.9. The third-order valence-electron chi connectivity index (χ3n) is 3.39. The SMILES string of the molecule is C[C@@]1(C(F)(F)F)OC(=O)C(c2ccc(F)c(F)c2O)=C1CBr. The number of hydrogen-bond acceptors (Lipinski definition) is 3. The lowest BCUT2D eigenvalue weighted by atomic mass is 9.91. The number of phenolic OH excluding ortho intramolecular Hbond substituents is 1. The molecule has 1 heterocycles. The van der Waals surface area contributed by atoms with Gasteiger partial charge < -0.3 is 9.84 Å². The lowest BCUT2D eigenvalue weighted by molar-refractivity contribution is -0.242. The van der Waals surface area contributed by atoms with Gasteiger partial charge in [-0.2, -0.15) is 17.6 Å². The highest BCUT2D eigenvalue weighted by atomic mass is 79.9. The summed E-state index contributed by atoms with van der Waals surface area (Å²) in [5.41, 5.74) is -4.66. The third-order valence-corrected chi connectivity index (χ3v) is 3.95.